The summed E-state index contributed by atoms with van der Waals surface area (Å²) in [5.74, 6) is 2.66. The minimum Gasteiger partial charge on any atom is -0.497 e. The molecule has 4 heteroatoms. The first-order valence-electron chi connectivity index (χ1n) is 7.42. The van der Waals surface area contributed by atoms with E-state index >= 15 is 0 Å². The first-order valence-corrected chi connectivity index (χ1v) is 7.42. The van der Waals surface area contributed by atoms with E-state index in [-0.39, 0.29) is 0 Å². The first-order chi connectivity index (χ1) is 10.8. The fraction of sp³-hybridized carbons (Fsp3) is 0.333. The topological polar surface area (TPSA) is 44.3 Å². The molecule has 0 aliphatic heterocycles. The number of nitrogens with two attached hydrogens (primary N) is 1. The van der Waals surface area contributed by atoms with E-state index in [1.54, 1.807) is 21.3 Å². The molecule has 0 unspecified atom stereocenters. The lowest BCUT2D eigenvalue weighted by atomic mass is 10.1. The summed E-state index contributed by atoms with van der Waals surface area (Å²) in [6, 6.07) is 14.1. The third kappa shape index (κ3) is 4.40. The highest BCUT2D eigenvalue weighted by Gasteiger charge is 2.06. The van der Waals surface area contributed by atoms with Gasteiger partial charge in [0.25, 0.3) is 0 Å². The second-order valence-electron chi connectivity index (χ2n) is 5.06. The van der Waals surface area contributed by atoms with Gasteiger partial charge >= 0.3 is 0 Å². The van der Waals surface area contributed by atoms with Gasteiger partial charge in [-0.2, -0.15) is 0 Å². The zero-order chi connectivity index (χ0) is 15.8. The van der Waals surface area contributed by atoms with Crippen LogP contribution in [0.4, 0.5) is 0 Å². The molecule has 0 amide bonds. The van der Waals surface area contributed by atoms with Crippen LogP contribution in [0.2, 0.25) is 0 Å². The Hall–Kier alpha value is -2.20. The lowest BCUT2D eigenvalue weighted by Crippen LogP contribution is -2.83. The predicted octanol–water partition coefficient (Wildman–Crippen LogP) is 2.02. The number of hydrogen-bond donors (Lipinski definition) is 1. The van der Waals surface area contributed by atoms with E-state index in [1.165, 1.54) is 5.56 Å². The Bertz CT molecular complexity index is 581. The normalized spacial score (nSPS) is 10.3. The second kappa shape index (κ2) is 8.29. The van der Waals surface area contributed by atoms with Crippen LogP contribution >= 0.6 is 0 Å². The maximum Gasteiger partial charge on any atom is 0.127 e. The maximum atomic E-state index is 5.40. The fourth-order valence-corrected chi connectivity index (χ4v) is 2.36. The molecule has 2 rings (SSSR count). The van der Waals surface area contributed by atoms with Crippen molar-refractivity contribution >= 4 is 0 Å². The monoisotopic (exact) mass is 302 g/mol. The highest BCUT2D eigenvalue weighted by atomic mass is 16.5. The molecule has 0 bridgehead atoms. The van der Waals surface area contributed by atoms with Crippen molar-refractivity contribution in [3.8, 4) is 17.2 Å². The van der Waals surface area contributed by atoms with E-state index in [4.69, 9.17) is 14.2 Å². The average molecular weight is 302 g/mol. The van der Waals surface area contributed by atoms with E-state index in [9.17, 15) is 0 Å². The van der Waals surface area contributed by atoms with Crippen LogP contribution in [0.25, 0.3) is 0 Å². The molecule has 2 N–H and O–H groups in total. The SMILES string of the molecule is COc1ccc(CC[NH2+]Cc2cc(OC)ccc2OC)cc1. The number of quaternary nitrogens is 1. The third-order valence-electron chi connectivity index (χ3n) is 3.65. The molecule has 0 radical (unpaired) electrons. The number of methoxy groups -OCH3 is 3. The molecule has 0 atom stereocenters. The Kier molecular flexibility index (Phi) is 6.10. The van der Waals surface area contributed by atoms with Gasteiger partial charge in [0.1, 0.15) is 23.8 Å². The maximum absolute atomic E-state index is 5.40. The third-order valence-corrected chi connectivity index (χ3v) is 3.65. The number of rotatable bonds is 8. The number of ether oxygens (including phenoxy) is 3. The van der Waals surface area contributed by atoms with Crippen LogP contribution in [0.1, 0.15) is 11.1 Å². The van der Waals surface area contributed by atoms with Gasteiger partial charge in [0.2, 0.25) is 0 Å². The van der Waals surface area contributed by atoms with Gasteiger partial charge in [-0.05, 0) is 35.9 Å². The Labute approximate surface area is 132 Å². The second-order valence-corrected chi connectivity index (χ2v) is 5.06. The summed E-state index contributed by atoms with van der Waals surface area (Å²) in [5.41, 5.74) is 2.46. The van der Waals surface area contributed by atoms with Crippen molar-refractivity contribution in [2.45, 2.75) is 13.0 Å². The van der Waals surface area contributed by atoms with Gasteiger partial charge < -0.3 is 19.5 Å². The molecule has 0 aliphatic carbocycles. The Morgan fingerprint density at radius 3 is 2.14 bits per heavy atom. The lowest BCUT2D eigenvalue weighted by Gasteiger charge is -2.10. The largest absolute Gasteiger partial charge is 0.497 e. The number of hydrogen-bond acceptors (Lipinski definition) is 3. The van der Waals surface area contributed by atoms with E-state index in [0.29, 0.717) is 0 Å². The van der Waals surface area contributed by atoms with Crippen LogP contribution in [-0.4, -0.2) is 27.9 Å². The minimum absolute atomic E-state index is 0.861. The predicted molar refractivity (Wildman–Crippen MR) is 86.7 cm³/mol. The average Bonchev–Trinajstić information content (AvgIpc) is 2.59. The molecule has 0 aliphatic rings. The Balaban J connectivity index is 1.85. The summed E-state index contributed by atoms with van der Waals surface area (Å²) < 4.78 is 15.8. The van der Waals surface area contributed by atoms with Gasteiger partial charge in [-0.3, -0.25) is 0 Å². The van der Waals surface area contributed by atoms with Crippen molar-refractivity contribution in [3.05, 3.63) is 53.6 Å². The highest BCUT2D eigenvalue weighted by molar-refractivity contribution is 5.39. The lowest BCUT2D eigenvalue weighted by molar-refractivity contribution is -0.670. The van der Waals surface area contributed by atoms with Crippen molar-refractivity contribution in [2.75, 3.05) is 27.9 Å². The molecule has 2 aromatic carbocycles. The minimum atomic E-state index is 0.861. The van der Waals surface area contributed by atoms with Crippen molar-refractivity contribution in [1.29, 1.82) is 0 Å². The molecule has 0 fully saturated rings. The van der Waals surface area contributed by atoms with Gasteiger partial charge in [-0.1, -0.05) is 12.1 Å². The summed E-state index contributed by atoms with van der Waals surface area (Å²) in [6.45, 7) is 1.89. The molecular formula is C18H24NO3+. The summed E-state index contributed by atoms with van der Waals surface area (Å²) in [6.07, 6.45) is 1.02. The molecule has 0 aromatic heterocycles. The van der Waals surface area contributed by atoms with Crippen LogP contribution in [0.3, 0.4) is 0 Å². The van der Waals surface area contributed by atoms with E-state index in [2.05, 4.69) is 17.4 Å². The smallest absolute Gasteiger partial charge is 0.127 e. The van der Waals surface area contributed by atoms with Crippen molar-refractivity contribution in [3.63, 3.8) is 0 Å². The molecule has 4 nitrogen and oxygen atoms in total. The zero-order valence-electron chi connectivity index (χ0n) is 13.5. The van der Waals surface area contributed by atoms with Crippen LogP contribution < -0.4 is 19.5 Å². The molecule has 118 valence electrons. The van der Waals surface area contributed by atoms with Crippen LogP contribution in [0.5, 0.6) is 17.2 Å². The van der Waals surface area contributed by atoms with Crippen molar-refractivity contribution in [2.24, 2.45) is 0 Å². The van der Waals surface area contributed by atoms with Gasteiger partial charge in [0.05, 0.1) is 33.4 Å². The van der Waals surface area contributed by atoms with Crippen LogP contribution in [-0.2, 0) is 13.0 Å². The summed E-state index contributed by atoms with van der Waals surface area (Å²) in [7, 11) is 5.06. The zero-order valence-corrected chi connectivity index (χ0v) is 13.5. The van der Waals surface area contributed by atoms with Gasteiger partial charge in [-0.15, -0.1) is 0 Å². The Morgan fingerprint density at radius 1 is 0.818 bits per heavy atom. The Morgan fingerprint density at radius 2 is 1.50 bits per heavy atom. The van der Waals surface area contributed by atoms with E-state index in [1.807, 2.05) is 30.3 Å². The molecular weight excluding hydrogens is 278 g/mol. The van der Waals surface area contributed by atoms with E-state index < -0.39 is 0 Å². The summed E-state index contributed by atoms with van der Waals surface area (Å²) in [4.78, 5) is 0. The molecule has 22 heavy (non-hydrogen) atoms. The highest BCUT2D eigenvalue weighted by Crippen LogP contribution is 2.22. The molecule has 0 saturated heterocycles. The van der Waals surface area contributed by atoms with Crippen molar-refractivity contribution < 1.29 is 19.5 Å². The summed E-state index contributed by atoms with van der Waals surface area (Å²) in [5, 5.41) is 2.28. The molecule has 0 heterocycles. The molecule has 0 saturated carbocycles. The quantitative estimate of drug-likeness (QED) is 0.759. The van der Waals surface area contributed by atoms with Gasteiger partial charge in [-0.25, -0.2) is 0 Å². The van der Waals surface area contributed by atoms with Crippen LogP contribution in [0, 0.1) is 0 Å². The standard InChI is InChI=1S/C18H23NO3/c1-20-16-6-4-14(5-7-16)10-11-19-13-15-12-17(21-2)8-9-18(15)22-3/h4-9,12,19H,10-11,13H2,1-3H3/p+1. The first kappa shape index (κ1) is 16.2. The van der Waals surface area contributed by atoms with Crippen molar-refractivity contribution in [1.82, 2.24) is 0 Å². The fourth-order valence-electron chi connectivity index (χ4n) is 2.36. The van der Waals surface area contributed by atoms with E-state index in [0.717, 1.165) is 42.3 Å². The van der Waals surface area contributed by atoms with Crippen LogP contribution in [0.15, 0.2) is 42.5 Å². The summed E-state index contributed by atoms with van der Waals surface area (Å²) >= 11 is 0. The molecule has 2 aromatic rings. The van der Waals surface area contributed by atoms with Gasteiger partial charge in [0.15, 0.2) is 0 Å². The molecule has 0 spiro atoms. The van der Waals surface area contributed by atoms with Gasteiger partial charge in [0, 0.05) is 6.42 Å². The number of benzene rings is 2.